The number of anilines is 4. The van der Waals surface area contributed by atoms with E-state index in [1.807, 2.05) is 37.2 Å². The number of amides is 1. The minimum atomic E-state index is 0.269. The average molecular weight is 325 g/mol. The summed E-state index contributed by atoms with van der Waals surface area (Å²) in [5, 5.41) is 6.39. The van der Waals surface area contributed by atoms with Crippen LogP contribution in [-0.4, -0.2) is 29.5 Å². The Morgan fingerprint density at radius 1 is 1.21 bits per heavy atom. The van der Waals surface area contributed by atoms with Crippen LogP contribution in [0.1, 0.15) is 31.2 Å². The van der Waals surface area contributed by atoms with Gasteiger partial charge in [0.1, 0.15) is 5.82 Å². The van der Waals surface area contributed by atoms with Gasteiger partial charge in [0, 0.05) is 25.4 Å². The van der Waals surface area contributed by atoms with Crippen LogP contribution in [0, 0.1) is 6.92 Å². The Morgan fingerprint density at radius 2 is 2.00 bits per heavy atom. The van der Waals surface area contributed by atoms with Crippen LogP contribution in [0.15, 0.2) is 30.7 Å². The van der Waals surface area contributed by atoms with Crippen LogP contribution < -0.4 is 15.5 Å². The smallest absolute Gasteiger partial charge is 0.214 e. The molecule has 1 saturated carbocycles. The van der Waals surface area contributed by atoms with Gasteiger partial charge in [-0.05, 0) is 31.4 Å². The second-order valence-corrected chi connectivity index (χ2v) is 6.16. The summed E-state index contributed by atoms with van der Waals surface area (Å²) >= 11 is 0. The zero-order chi connectivity index (χ0) is 16.9. The monoisotopic (exact) mass is 325 g/mol. The van der Waals surface area contributed by atoms with Gasteiger partial charge in [-0.2, -0.15) is 0 Å². The van der Waals surface area contributed by atoms with Gasteiger partial charge in [-0.3, -0.25) is 9.78 Å². The maximum absolute atomic E-state index is 11.7. The van der Waals surface area contributed by atoms with Gasteiger partial charge in [0.25, 0.3) is 0 Å². The Morgan fingerprint density at radius 3 is 2.67 bits per heavy atom. The van der Waals surface area contributed by atoms with Gasteiger partial charge in [0.2, 0.25) is 6.41 Å². The third kappa shape index (κ3) is 3.48. The maximum atomic E-state index is 11.7. The molecule has 0 aliphatic heterocycles. The summed E-state index contributed by atoms with van der Waals surface area (Å²) in [6, 6.07) is 4.20. The standard InChI is InChI=1S/C18H23N5O/c1-13-7-14(10-20-9-13)22-18-8-17(16(19-2)11-21-18)23(12-24)15-5-3-4-6-15/h7-12,15,19H,3-6H2,1-2H3,(H,21,22). The molecular weight excluding hydrogens is 302 g/mol. The predicted octanol–water partition coefficient (Wildman–Crippen LogP) is 3.48. The molecule has 6 heteroatoms. The lowest BCUT2D eigenvalue weighted by Gasteiger charge is -2.27. The fourth-order valence-electron chi connectivity index (χ4n) is 3.21. The summed E-state index contributed by atoms with van der Waals surface area (Å²) in [5.41, 5.74) is 3.66. The first kappa shape index (κ1) is 16.2. The minimum Gasteiger partial charge on any atom is -0.385 e. The van der Waals surface area contributed by atoms with Crippen LogP contribution in [0.25, 0.3) is 0 Å². The van der Waals surface area contributed by atoms with Crippen molar-refractivity contribution in [3.8, 4) is 0 Å². The Hall–Kier alpha value is -2.63. The molecule has 0 unspecified atom stereocenters. The second kappa shape index (κ2) is 7.29. The van der Waals surface area contributed by atoms with Crippen LogP contribution in [0.3, 0.4) is 0 Å². The molecule has 0 aromatic carbocycles. The van der Waals surface area contributed by atoms with Crippen molar-refractivity contribution in [2.24, 2.45) is 0 Å². The lowest BCUT2D eigenvalue weighted by atomic mass is 10.2. The molecule has 24 heavy (non-hydrogen) atoms. The van der Waals surface area contributed by atoms with Gasteiger partial charge in [0.05, 0.1) is 29.5 Å². The molecule has 126 valence electrons. The largest absolute Gasteiger partial charge is 0.385 e. The van der Waals surface area contributed by atoms with Crippen molar-refractivity contribution in [2.45, 2.75) is 38.6 Å². The van der Waals surface area contributed by atoms with E-state index in [4.69, 9.17) is 0 Å². The predicted molar refractivity (Wildman–Crippen MR) is 96.8 cm³/mol. The lowest BCUT2D eigenvalue weighted by Crippen LogP contribution is -2.32. The van der Waals surface area contributed by atoms with Crippen molar-refractivity contribution in [3.63, 3.8) is 0 Å². The maximum Gasteiger partial charge on any atom is 0.214 e. The number of nitrogens with one attached hydrogen (secondary N) is 2. The topological polar surface area (TPSA) is 70.2 Å². The van der Waals surface area contributed by atoms with Crippen LogP contribution >= 0.6 is 0 Å². The Bertz CT molecular complexity index is 712. The highest BCUT2D eigenvalue weighted by Gasteiger charge is 2.24. The second-order valence-electron chi connectivity index (χ2n) is 6.16. The number of carbonyl (C=O) groups is 1. The molecule has 6 nitrogen and oxygen atoms in total. The first-order chi connectivity index (χ1) is 11.7. The summed E-state index contributed by atoms with van der Waals surface area (Å²) in [4.78, 5) is 22.2. The molecule has 1 amide bonds. The average Bonchev–Trinajstić information content (AvgIpc) is 3.10. The first-order valence-corrected chi connectivity index (χ1v) is 8.31. The molecule has 1 aliphatic carbocycles. The zero-order valence-electron chi connectivity index (χ0n) is 14.1. The molecule has 2 heterocycles. The Kier molecular flexibility index (Phi) is 4.93. The normalized spacial score (nSPS) is 14.4. The summed E-state index contributed by atoms with van der Waals surface area (Å²) in [5.74, 6) is 0.696. The molecule has 1 fully saturated rings. The van der Waals surface area contributed by atoms with E-state index in [0.717, 1.165) is 41.9 Å². The van der Waals surface area contributed by atoms with E-state index in [1.165, 1.54) is 12.8 Å². The number of hydrogen-bond donors (Lipinski definition) is 2. The fraction of sp³-hybridized carbons (Fsp3) is 0.389. The van der Waals surface area contributed by atoms with Gasteiger partial charge in [0.15, 0.2) is 0 Å². The van der Waals surface area contributed by atoms with Gasteiger partial charge in [-0.1, -0.05) is 12.8 Å². The quantitative estimate of drug-likeness (QED) is 0.796. The molecule has 0 saturated heterocycles. The van der Waals surface area contributed by atoms with Gasteiger partial charge < -0.3 is 15.5 Å². The van der Waals surface area contributed by atoms with Crippen molar-refractivity contribution in [1.29, 1.82) is 0 Å². The van der Waals surface area contributed by atoms with Crippen molar-refractivity contribution in [2.75, 3.05) is 22.6 Å². The van der Waals surface area contributed by atoms with Gasteiger partial charge >= 0.3 is 0 Å². The molecule has 2 N–H and O–H groups in total. The molecule has 1 aliphatic rings. The Balaban J connectivity index is 1.91. The van der Waals surface area contributed by atoms with E-state index >= 15 is 0 Å². The van der Waals surface area contributed by atoms with Crippen LogP contribution in [-0.2, 0) is 4.79 Å². The summed E-state index contributed by atoms with van der Waals surface area (Å²) in [6.45, 7) is 2.00. The number of nitrogens with zero attached hydrogens (tertiary/aromatic N) is 3. The fourth-order valence-corrected chi connectivity index (χ4v) is 3.21. The molecule has 0 bridgehead atoms. The van der Waals surface area contributed by atoms with E-state index in [2.05, 4.69) is 20.6 Å². The van der Waals surface area contributed by atoms with E-state index in [-0.39, 0.29) is 6.04 Å². The van der Waals surface area contributed by atoms with Crippen LogP contribution in [0.5, 0.6) is 0 Å². The molecule has 0 spiro atoms. The number of aryl methyl sites for hydroxylation is 1. The lowest BCUT2D eigenvalue weighted by molar-refractivity contribution is -0.107. The van der Waals surface area contributed by atoms with E-state index in [0.29, 0.717) is 5.82 Å². The third-order valence-corrected chi connectivity index (χ3v) is 4.41. The van der Waals surface area contributed by atoms with E-state index < -0.39 is 0 Å². The highest BCUT2D eigenvalue weighted by molar-refractivity contribution is 5.85. The molecule has 3 rings (SSSR count). The number of hydrogen-bond acceptors (Lipinski definition) is 5. The Labute approximate surface area is 142 Å². The molecule has 2 aromatic heterocycles. The van der Waals surface area contributed by atoms with Crippen molar-refractivity contribution >= 4 is 29.3 Å². The minimum absolute atomic E-state index is 0.269. The molecule has 2 aromatic rings. The highest BCUT2D eigenvalue weighted by atomic mass is 16.1. The van der Waals surface area contributed by atoms with Gasteiger partial charge in [-0.25, -0.2) is 4.98 Å². The third-order valence-electron chi connectivity index (χ3n) is 4.41. The SMILES string of the molecule is CNc1cnc(Nc2cncc(C)c2)cc1N(C=O)C1CCCC1. The van der Waals surface area contributed by atoms with Crippen molar-refractivity contribution in [1.82, 2.24) is 9.97 Å². The van der Waals surface area contributed by atoms with E-state index in [1.54, 1.807) is 12.4 Å². The molecule has 0 atom stereocenters. The van der Waals surface area contributed by atoms with Crippen molar-refractivity contribution in [3.05, 3.63) is 36.3 Å². The van der Waals surface area contributed by atoms with Crippen LogP contribution in [0.4, 0.5) is 22.9 Å². The van der Waals surface area contributed by atoms with Crippen molar-refractivity contribution < 1.29 is 4.79 Å². The van der Waals surface area contributed by atoms with E-state index in [9.17, 15) is 4.79 Å². The van der Waals surface area contributed by atoms with Gasteiger partial charge in [-0.15, -0.1) is 0 Å². The summed E-state index contributed by atoms with van der Waals surface area (Å²) in [7, 11) is 1.84. The van der Waals surface area contributed by atoms with Crippen LogP contribution in [0.2, 0.25) is 0 Å². The summed E-state index contributed by atoms with van der Waals surface area (Å²) in [6.07, 6.45) is 10.7. The zero-order valence-corrected chi connectivity index (χ0v) is 14.1. The molecular formula is C18H23N5O. The highest BCUT2D eigenvalue weighted by Crippen LogP contribution is 2.33. The number of rotatable bonds is 6. The number of carbonyl (C=O) groups excluding carboxylic acids is 1. The summed E-state index contributed by atoms with van der Waals surface area (Å²) < 4.78 is 0. The molecule has 0 radical (unpaired) electrons. The number of pyridine rings is 2. The first-order valence-electron chi connectivity index (χ1n) is 8.31. The number of aromatic nitrogens is 2.